The van der Waals surface area contributed by atoms with E-state index in [0.717, 1.165) is 50.6 Å². The fourth-order valence-electron chi connectivity index (χ4n) is 4.14. The molecule has 0 atom stereocenters. The molecule has 0 amide bonds. The van der Waals surface area contributed by atoms with Crippen LogP contribution in [0.2, 0.25) is 0 Å². The molecule has 158 valence electrons. The number of aliphatic imine (C=N–C) groups is 1. The van der Waals surface area contributed by atoms with Crippen molar-refractivity contribution in [3.05, 3.63) is 16.3 Å². The molecule has 1 fully saturated rings. The summed E-state index contributed by atoms with van der Waals surface area (Å²) in [4.78, 5) is 19.6. The van der Waals surface area contributed by atoms with Gasteiger partial charge in [0.1, 0.15) is 5.82 Å². The lowest BCUT2D eigenvalue weighted by Crippen LogP contribution is -2.48. The Balaban J connectivity index is 1.46. The Kier molecular flexibility index (Phi) is 7.94. The van der Waals surface area contributed by atoms with Gasteiger partial charge < -0.3 is 15.5 Å². The van der Waals surface area contributed by atoms with Gasteiger partial charge in [-0.05, 0) is 52.0 Å². The minimum absolute atomic E-state index is 0.0440. The molecule has 0 aliphatic carbocycles. The Morgan fingerprint density at radius 1 is 1.18 bits per heavy atom. The number of guanidine groups is 1. The third-order valence-corrected chi connectivity index (χ3v) is 5.64. The number of hydrogen-bond donors (Lipinski definition) is 2. The molecule has 0 unspecified atom stereocenters. The molecule has 0 bridgehead atoms. The predicted octanol–water partition coefficient (Wildman–Crippen LogP) is 1.20. The first-order valence-corrected chi connectivity index (χ1v) is 11.1. The maximum Gasteiger partial charge on any atom is 0.345 e. The highest BCUT2D eigenvalue weighted by Gasteiger charge is 2.19. The monoisotopic (exact) mass is 391 g/mol. The van der Waals surface area contributed by atoms with E-state index in [9.17, 15) is 4.79 Å². The summed E-state index contributed by atoms with van der Waals surface area (Å²) >= 11 is 0. The highest BCUT2D eigenvalue weighted by atomic mass is 16.2. The van der Waals surface area contributed by atoms with Crippen molar-refractivity contribution in [3.8, 4) is 0 Å². The second-order valence-corrected chi connectivity index (χ2v) is 7.91. The van der Waals surface area contributed by atoms with Crippen LogP contribution in [0.15, 0.2) is 9.79 Å². The zero-order chi connectivity index (χ0) is 19.8. The summed E-state index contributed by atoms with van der Waals surface area (Å²) in [6, 6.07) is 0.494. The summed E-state index contributed by atoms with van der Waals surface area (Å²) in [6.45, 7) is 10.9. The summed E-state index contributed by atoms with van der Waals surface area (Å²) in [5.74, 6) is 1.84. The fraction of sp³-hybridized carbons (Fsp3) is 0.850. The average Bonchev–Trinajstić information content (AvgIpc) is 3.03. The first kappa shape index (κ1) is 20.9. The number of nitrogens with one attached hydrogen (secondary N) is 2. The molecule has 0 radical (unpaired) electrons. The minimum Gasteiger partial charge on any atom is -0.357 e. The molecule has 0 aromatic carbocycles. The number of rotatable bonds is 8. The minimum atomic E-state index is 0.0440. The van der Waals surface area contributed by atoms with Crippen molar-refractivity contribution >= 4 is 5.96 Å². The highest BCUT2D eigenvalue weighted by Crippen LogP contribution is 2.11. The fourth-order valence-corrected chi connectivity index (χ4v) is 4.14. The smallest absolute Gasteiger partial charge is 0.345 e. The number of hydrogen-bond acceptors (Lipinski definition) is 4. The number of likely N-dealkylation sites (tertiary alicyclic amines) is 1. The number of nitrogens with zero attached hydrogens (tertiary/aromatic N) is 5. The van der Waals surface area contributed by atoms with Crippen LogP contribution in [-0.4, -0.2) is 64.0 Å². The molecule has 3 rings (SSSR count). The molecule has 1 aromatic heterocycles. The first-order valence-electron chi connectivity index (χ1n) is 11.1. The van der Waals surface area contributed by atoms with Gasteiger partial charge >= 0.3 is 5.69 Å². The molecule has 2 N–H and O–H groups in total. The summed E-state index contributed by atoms with van der Waals surface area (Å²) < 4.78 is 3.46. The van der Waals surface area contributed by atoms with Crippen LogP contribution in [0.3, 0.4) is 0 Å². The molecule has 8 nitrogen and oxygen atoms in total. The third kappa shape index (κ3) is 5.59. The molecule has 0 saturated carbocycles. The lowest BCUT2D eigenvalue weighted by atomic mass is 10.1. The van der Waals surface area contributed by atoms with Gasteiger partial charge in [-0.1, -0.05) is 6.92 Å². The largest absolute Gasteiger partial charge is 0.357 e. The van der Waals surface area contributed by atoms with E-state index in [0.29, 0.717) is 19.1 Å². The Morgan fingerprint density at radius 2 is 2.00 bits per heavy atom. The number of aromatic nitrogens is 3. The van der Waals surface area contributed by atoms with Crippen molar-refractivity contribution in [1.82, 2.24) is 29.9 Å². The normalized spacial score (nSPS) is 18.9. The Morgan fingerprint density at radius 3 is 2.71 bits per heavy atom. The standard InChI is InChI=1S/C20H37N7O/c1-3-12-25-15-9-17(10-16-25)23-19(21-4-2)22-11-7-14-27-20(28)26-13-6-5-8-18(26)24-27/h17H,3-16H2,1-2H3,(H2,21,22,23). The highest BCUT2D eigenvalue weighted by molar-refractivity contribution is 5.80. The Hall–Kier alpha value is -1.83. The SMILES string of the molecule is CCCN1CCC(NC(=NCCCn2nc3n(c2=O)CCCC3)NCC)CC1. The summed E-state index contributed by atoms with van der Waals surface area (Å²) in [5, 5.41) is 11.4. The van der Waals surface area contributed by atoms with E-state index in [1.54, 1.807) is 4.68 Å². The van der Waals surface area contributed by atoms with E-state index >= 15 is 0 Å². The topological polar surface area (TPSA) is 79.5 Å². The maximum atomic E-state index is 12.4. The van der Waals surface area contributed by atoms with Crippen LogP contribution in [0.5, 0.6) is 0 Å². The Bertz CT molecular complexity index is 685. The third-order valence-electron chi connectivity index (χ3n) is 5.64. The quantitative estimate of drug-likeness (QED) is 0.395. The number of piperidine rings is 1. The van der Waals surface area contributed by atoms with Crippen molar-refractivity contribution in [1.29, 1.82) is 0 Å². The zero-order valence-corrected chi connectivity index (χ0v) is 17.6. The molecular weight excluding hydrogens is 354 g/mol. The molecule has 3 heterocycles. The average molecular weight is 392 g/mol. The van der Waals surface area contributed by atoms with Crippen LogP contribution in [0.4, 0.5) is 0 Å². The van der Waals surface area contributed by atoms with Crippen molar-refractivity contribution < 1.29 is 0 Å². The van der Waals surface area contributed by atoms with Crippen LogP contribution < -0.4 is 16.3 Å². The summed E-state index contributed by atoms with van der Waals surface area (Å²) in [5.41, 5.74) is 0.0440. The molecule has 0 spiro atoms. The number of aryl methyl sites for hydroxylation is 2. The van der Waals surface area contributed by atoms with Gasteiger partial charge in [0.2, 0.25) is 0 Å². The number of fused-ring (bicyclic) bond motifs is 1. The van der Waals surface area contributed by atoms with Gasteiger partial charge in [-0.15, -0.1) is 0 Å². The molecule has 1 aromatic rings. The van der Waals surface area contributed by atoms with E-state index in [-0.39, 0.29) is 5.69 Å². The summed E-state index contributed by atoms with van der Waals surface area (Å²) in [6.07, 6.45) is 7.52. The van der Waals surface area contributed by atoms with Crippen LogP contribution in [-0.2, 0) is 19.5 Å². The van der Waals surface area contributed by atoms with Gasteiger partial charge in [0.25, 0.3) is 0 Å². The van der Waals surface area contributed by atoms with Gasteiger partial charge in [0, 0.05) is 51.7 Å². The van der Waals surface area contributed by atoms with Crippen LogP contribution in [0.25, 0.3) is 0 Å². The van der Waals surface area contributed by atoms with Gasteiger partial charge in [-0.3, -0.25) is 9.56 Å². The van der Waals surface area contributed by atoms with Crippen molar-refractivity contribution in [2.75, 3.05) is 32.7 Å². The summed E-state index contributed by atoms with van der Waals surface area (Å²) in [7, 11) is 0. The first-order chi connectivity index (χ1) is 13.7. The predicted molar refractivity (Wildman–Crippen MR) is 113 cm³/mol. The van der Waals surface area contributed by atoms with Gasteiger partial charge in [0.15, 0.2) is 5.96 Å². The molecular formula is C20H37N7O. The van der Waals surface area contributed by atoms with E-state index in [2.05, 4.69) is 34.5 Å². The molecule has 2 aliphatic heterocycles. The second kappa shape index (κ2) is 10.6. The van der Waals surface area contributed by atoms with E-state index in [4.69, 9.17) is 4.99 Å². The van der Waals surface area contributed by atoms with Crippen molar-refractivity contribution in [3.63, 3.8) is 0 Å². The van der Waals surface area contributed by atoms with Gasteiger partial charge in [-0.25, -0.2) is 9.48 Å². The van der Waals surface area contributed by atoms with Crippen LogP contribution in [0.1, 0.15) is 58.2 Å². The second-order valence-electron chi connectivity index (χ2n) is 7.91. The van der Waals surface area contributed by atoms with Crippen LogP contribution in [0, 0.1) is 0 Å². The van der Waals surface area contributed by atoms with Crippen molar-refractivity contribution in [2.24, 2.45) is 4.99 Å². The molecule has 28 heavy (non-hydrogen) atoms. The zero-order valence-electron chi connectivity index (χ0n) is 17.6. The van der Waals surface area contributed by atoms with Gasteiger partial charge in [-0.2, -0.15) is 5.10 Å². The Labute approximate surface area is 168 Å². The molecule has 1 saturated heterocycles. The molecule has 8 heteroatoms. The molecule has 2 aliphatic rings. The lowest BCUT2D eigenvalue weighted by Gasteiger charge is -2.32. The van der Waals surface area contributed by atoms with E-state index in [1.807, 2.05) is 4.57 Å². The van der Waals surface area contributed by atoms with Crippen LogP contribution >= 0.6 is 0 Å². The van der Waals surface area contributed by atoms with E-state index in [1.165, 1.54) is 38.9 Å². The lowest BCUT2D eigenvalue weighted by molar-refractivity contribution is 0.206. The van der Waals surface area contributed by atoms with Gasteiger partial charge in [0.05, 0.1) is 0 Å². The maximum absolute atomic E-state index is 12.4. The van der Waals surface area contributed by atoms with Crippen molar-refractivity contribution in [2.45, 2.75) is 77.9 Å². The van der Waals surface area contributed by atoms with E-state index < -0.39 is 0 Å².